The summed E-state index contributed by atoms with van der Waals surface area (Å²) in [7, 11) is 4.09. The molecule has 0 aromatic carbocycles. The molecule has 0 saturated carbocycles. The zero-order chi connectivity index (χ0) is 8.97. The van der Waals surface area contributed by atoms with Crippen LogP contribution in [0.15, 0.2) is 5.10 Å². The third-order valence-electron chi connectivity index (χ3n) is 1.42. The molecule has 1 rings (SSSR count). The van der Waals surface area contributed by atoms with Gasteiger partial charge in [0.15, 0.2) is 0 Å². The van der Waals surface area contributed by atoms with Crippen LogP contribution in [0.2, 0.25) is 0 Å². The molecule has 1 N–H and O–H groups in total. The minimum Gasteiger partial charge on any atom is -0.308 e. The minimum absolute atomic E-state index is 0.910. The summed E-state index contributed by atoms with van der Waals surface area (Å²) in [5, 5.41) is 5.93. The van der Waals surface area contributed by atoms with Crippen molar-refractivity contribution in [1.82, 2.24) is 20.0 Å². The van der Waals surface area contributed by atoms with Gasteiger partial charge < -0.3 is 4.90 Å². The van der Waals surface area contributed by atoms with E-state index in [0.29, 0.717) is 0 Å². The van der Waals surface area contributed by atoms with Crippen LogP contribution in [-0.2, 0) is 0 Å². The largest absolute Gasteiger partial charge is 0.308 e. The van der Waals surface area contributed by atoms with Crippen LogP contribution in [0, 0.1) is 6.26 Å². The third kappa shape index (κ3) is 2.88. The molecular weight excluding hydrogens is 174 g/mol. The van der Waals surface area contributed by atoms with E-state index in [1.807, 2.05) is 19.1 Å². The highest BCUT2D eigenvalue weighted by atomic mass is 32.2. The highest BCUT2D eigenvalue weighted by molar-refractivity contribution is 7.98. The summed E-state index contributed by atoms with van der Waals surface area (Å²) in [5.41, 5.74) is 3.01. The zero-order valence-corrected chi connectivity index (χ0v) is 8.21. The Bertz CT molecular complexity index is 160. The second kappa shape index (κ2) is 4.54. The van der Waals surface area contributed by atoms with E-state index in [2.05, 4.69) is 21.8 Å². The van der Waals surface area contributed by atoms with E-state index in [0.717, 1.165) is 13.1 Å². The van der Waals surface area contributed by atoms with Gasteiger partial charge in [-0.25, -0.2) is 0 Å². The van der Waals surface area contributed by atoms with Gasteiger partial charge in [0.25, 0.3) is 0 Å². The Kier molecular flexibility index (Phi) is 3.64. The normalized spacial score (nSPS) is 16.7. The molecule has 0 aromatic rings. The monoisotopic (exact) mass is 188 g/mol. The number of rotatable bonds is 4. The lowest BCUT2D eigenvalue weighted by atomic mass is 10.6. The van der Waals surface area contributed by atoms with E-state index < -0.39 is 0 Å². The molecule has 0 amide bonds. The van der Waals surface area contributed by atoms with Gasteiger partial charge in [-0.1, -0.05) is 0 Å². The van der Waals surface area contributed by atoms with Crippen molar-refractivity contribution in [2.75, 3.05) is 27.2 Å². The molecule has 0 aliphatic carbocycles. The third-order valence-corrected chi connectivity index (χ3v) is 1.84. The van der Waals surface area contributed by atoms with E-state index in [4.69, 9.17) is 0 Å². The number of hydrazine groups is 2. The molecule has 1 aliphatic rings. The van der Waals surface area contributed by atoms with Gasteiger partial charge in [0, 0.05) is 12.8 Å². The quantitative estimate of drug-likeness (QED) is 0.627. The molecule has 0 bridgehead atoms. The Morgan fingerprint density at radius 1 is 1.67 bits per heavy atom. The maximum Gasteiger partial charge on any atom is 0.129 e. The van der Waals surface area contributed by atoms with Crippen LogP contribution in [0.4, 0.5) is 0 Å². The topological polar surface area (TPSA) is 34.1 Å². The van der Waals surface area contributed by atoms with Crippen molar-refractivity contribution in [3.8, 4) is 0 Å². The summed E-state index contributed by atoms with van der Waals surface area (Å²) in [5.74, 6) is 0. The summed E-state index contributed by atoms with van der Waals surface area (Å²) in [6.45, 7) is 1.90. The van der Waals surface area contributed by atoms with Gasteiger partial charge in [0.2, 0.25) is 0 Å². The fourth-order valence-electron chi connectivity index (χ4n) is 0.748. The fourth-order valence-corrected chi connectivity index (χ4v) is 1.02. The predicted octanol–water partition coefficient (Wildman–Crippen LogP) is -0.0317. The van der Waals surface area contributed by atoms with E-state index in [1.165, 1.54) is 11.9 Å². The van der Waals surface area contributed by atoms with Gasteiger partial charge in [-0.15, -0.1) is 15.2 Å². The molecule has 0 spiro atoms. The first-order chi connectivity index (χ1) is 5.72. The standard InChI is InChI=1S/C6H14N5S/c1-9(2)4-5-10-6-7-11(8-10)12-3/h6,8H,3-5H2,1-2H3. The van der Waals surface area contributed by atoms with Gasteiger partial charge in [-0.2, -0.15) is 0 Å². The van der Waals surface area contributed by atoms with Gasteiger partial charge in [-0.3, -0.25) is 5.01 Å². The van der Waals surface area contributed by atoms with Crippen LogP contribution in [-0.4, -0.2) is 48.0 Å². The van der Waals surface area contributed by atoms with Crippen LogP contribution in [0.25, 0.3) is 0 Å². The average Bonchev–Trinajstić information content (AvgIpc) is 2.48. The van der Waals surface area contributed by atoms with E-state index in [9.17, 15) is 0 Å². The molecule has 0 fully saturated rings. The van der Waals surface area contributed by atoms with Crippen molar-refractivity contribution in [3.63, 3.8) is 0 Å². The highest BCUT2D eigenvalue weighted by Gasteiger charge is 2.10. The van der Waals surface area contributed by atoms with E-state index >= 15 is 0 Å². The van der Waals surface area contributed by atoms with Crippen LogP contribution in [0.3, 0.4) is 0 Å². The van der Waals surface area contributed by atoms with Crippen LogP contribution in [0.1, 0.15) is 0 Å². The second-order valence-corrected chi connectivity index (χ2v) is 3.33. The Hall–Kier alpha value is -0.460. The van der Waals surface area contributed by atoms with Crippen molar-refractivity contribution in [2.45, 2.75) is 0 Å². The first-order valence-corrected chi connectivity index (χ1v) is 4.60. The molecule has 0 atom stereocenters. The highest BCUT2D eigenvalue weighted by Crippen LogP contribution is 2.07. The number of likely N-dealkylation sites (N-methyl/N-ethyl adjacent to an activating group) is 1. The number of hydrogen-bond acceptors (Lipinski definition) is 6. The van der Waals surface area contributed by atoms with Crippen LogP contribution in [0.5, 0.6) is 0 Å². The Morgan fingerprint density at radius 2 is 2.42 bits per heavy atom. The summed E-state index contributed by atoms with van der Waals surface area (Å²) in [6.07, 6.45) is 5.38. The molecule has 5 nitrogen and oxygen atoms in total. The summed E-state index contributed by atoms with van der Waals surface area (Å²) >= 11 is 1.29. The minimum atomic E-state index is 0.910. The molecule has 6 heteroatoms. The Labute approximate surface area is 77.5 Å². The number of hydrazone groups is 1. The predicted molar refractivity (Wildman–Crippen MR) is 51.7 cm³/mol. The smallest absolute Gasteiger partial charge is 0.129 e. The van der Waals surface area contributed by atoms with Crippen molar-refractivity contribution < 1.29 is 0 Å². The van der Waals surface area contributed by atoms with Crippen molar-refractivity contribution in [1.29, 1.82) is 0 Å². The molecule has 12 heavy (non-hydrogen) atoms. The Morgan fingerprint density at radius 3 is 2.92 bits per heavy atom. The lowest BCUT2D eigenvalue weighted by Gasteiger charge is -2.19. The SMILES string of the molecule is [CH2]SN1N=CN(CCN(C)C)N1. The number of hydrogen-bond donors (Lipinski definition) is 1. The Balaban J connectivity index is 2.16. The molecule has 1 heterocycles. The average molecular weight is 188 g/mol. The van der Waals surface area contributed by atoms with Gasteiger partial charge in [-0.05, 0) is 26.0 Å². The number of nitrogens with zero attached hydrogens (tertiary/aromatic N) is 4. The maximum atomic E-state index is 4.02. The lowest BCUT2D eigenvalue weighted by Crippen LogP contribution is -2.40. The first-order valence-electron chi connectivity index (χ1n) is 3.66. The van der Waals surface area contributed by atoms with Crippen molar-refractivity contribution >= 4 is 18.3 Å². The lowest BCUT2D eigenvalue weighted by molar-refractivity contribution is 0.201. The molecule has 1 radical (unpaired) electrons. The van der Waals surface area contributed by atoms with Gasteiger partial charge in [0.05, 0.1) is 6.54 Å². The molecule has 69 valence electrons. The maximum absolute atomic E-state index is 4.02. The van der Waals surface area contributed by atoms with Crippen molar-refractivity contribution in [2.24, 2.45) is 5.10 Å². The molecule has 1 aliphatic heterocycles. The van der Waals surface area contributed by atoms with Crippen LogP contribution >= 0.6 is 11.9 Å². The molecule has 0 aromatic heterocycles. The first kappa shape index (κ1) is 9.63. The fraction of sp³-hybridized carbons (Fsp3) is 0.667. The van der Waals surface area contributed by atoms with Crippen molar-refractivity contribution in [3.05, 3.63) is 6.26 Å². The number of nitrogens with one attached hydrogen (secondary N) is 1. The molecule has 0 unspecified atom stereocenters. The van der Waals surface area contributed by atoms with Gasteiger partial charge in [0.1, 0.15) is 6.34 Å². The summed E-state index contributed by atoms with van der Waals surface area (Å²) < 4.78 is 1.61. The van der Waals surface area contributed by atoms with Crippen LogP contribution < -0.4 is 5.53 Å². The summed E-state index contributed by atoms with van der Waals surface area (Å²) in [6, 6.07) is 0. The molecule has 0 saturated heterocycles. The van der Waals surface area contributed by atoms with E-state index in [1.54, 1.807) is 10.9 Å². The zero-order valence-electron chi connectivity index (χ0n) is 7.40. The van der Waals surface area contributed by atoms with Gasteiger partial charge >= 0.3 is 0 Å². The molecular formula is C6H14N5S. The second-order valence-electron chi connectivity index (χ2n) is 2.73. The summed E-state index contributed by atoms with van der Waals surface area (Å²) in [4.78, 5) is 2.12. The van der Waals surface area contributed by atoms with E-state index in [-0.39, 0.29) is 0 Å².